The van der Waals surface area contributed by atoms with E-state index in [1.807, 2.05) is 44.2 Å². The van der Waals surface area contributed by atoms with Crippen LogP contribution in [0.25, 0.3) is 11.1 Å². The van der Waals surface area contributed by atoms with Gasteiger partial charge in [-0.15, -0.1) is 0 Å². The molecule has 0 radical (unpaired) electrons. The Morgan fingerprint density at radius 1 is 0.577 bits per heavy atom. The second-order valence-corrected chi connectivity index (χ2v) is 28.7. The third kappa shape index (κ3) is 26.2. The van der Waals surface area contributed by atoms with E-state index in [9.17, 15) is 92.7 Å². The van der Waals surface area contributed by atoms with Crippen LogP contribution in [-0.4, -0.2) is 211 Å². The molecule has 16 N–H and O–H groups in total. The molecule has 0 saturated carbocycles. The van der Waals surface area contributed by atoms with E-state index < -0.39 is 187 Å². The molecule has 6 rings (SSSR count). The first-order valence-corrected chi connectivity index (χ1v) is 36.5. The van der Waals surface area contributed by atoms with Crippen LogP contribution in [-0.2, 0) is 75.2 Å². The first-order chi connectivity index (χ1) is 49.4. The van der Waals surface area contributed by atoms with Crippen molar-refractivity contribution in [2.24, 2.45) is 11.8 Å². The number of nitrogens with zero attached hydrogens (tertiary/aromatic N) is 1. The van der Waals surface area contributed by atoms with E-state index in [0.29, 0.717) is 17.5 Å². The quantitative estimate of drug-likeness (QED) is 0.0384. The highest BCUT2D eigenvalue weighted by Crippen LogP contribution is 2.27. The summed E-state index contributed by atoms with van der Waals surface area (Å²) in [7, 11) is 1.56. The van der Waals surface area contributed by atoms with Gasteiger partial charge in [0.2, 0.25) is 65.0 Å². The fourth-order valence-corrected chi connectivity index (χ4v) is 13.6. The average Bonchev–Trinajstić information content (AvgIpc) is 1.60. The van der Waals surface area contributed by atoms with Crippen molar-refractivity contribution >= 4 is 104 Å². The highest BCUT2D eigenvalue weighted by atomic mass is 33.1. The summed E-state index contributed by atoms with van der Waals surface area (Å²) in [5.74, 6) is -16.8. The molecule has 562 valence electrons. The van der Waals surface area contributed by atoms with Gasteiger partial charge >= 0.3 is 11.9 Å². The minimum absolute atomic E-state index is 0.0300. The molecule has 2 heterocycles. The second-order valence-electron chi connectivity index (χ2n) is 26.1. The second kappa shape index (κ2) is 40.5. The van der Waals surface area contributed by atoms with Gasteiger partial charge in [0, 0.05) is 43.0 Å². The molecule has 1 unspecified atom stereocenters. The number of phenolic OH excluding ortho intramolecular Hbond substituents is 2. The van der Waals surface area contributed by atoms with Gasteiger partial charge in [-0.05, 0) is 110 Å². The van der Waals surface area contributed by atoms with Gasteiger partial charge in [0.1, 0.15) is 71.9 Å². The Morgan fingerprint density at radius 3 is 1.70 bits per heavy atom. The summed E-state index contributed by atoms with van der Waals surface area (Å²) in [5, 5.41) is 78.8. The topological polar surface area (TPSA) is 476 Å². The molecule has 33 heteroatoms. The Morgan fingerprint density at radius 2 is 1.13 bits per heavy atom. The number of phenols is 2. The monoisotopic (exact) mass is 1480 g/mol. The van der Waals surface area contributed by atoms with Gasteiger partial charge in [0.25, 0.3) is 5.91 Å². The number of amides is 12. The van der Waals surface area contributed by atoms with E-state index in [2.05, 4.69) is 58.5 Å². The molecule has 104 heavy (non-hydrogen) atoms. The Bertz CT molecular complexity index is 3680. The Labute approximate surface area is 608 Å². The van der Waals surface area contributed by atoms with Crippen molar-refractivity contribution in [2.45, 2.75) is 166 Å². The van der Waals surface area contributed by atoms with Crippen molar-refractivity contribution in [1.82, 2.24) is 63.4 Å². The number of benzene rings is 4. The lowest BCUT2D eigenvalue weighted by molar-refractivity contribution is -0.142. The highest BCUT2D eigenvalue weighted by Gasteiger charge is 2.41. The van der Waals surface area contributed by atoms with Gasteiger partial charge in [-0.25, -0.2) is 0 Å². The highest BCUT2D eigenvalue weighted by molar-refractivity contribution is 8.76. The maximum atomic E-state index is 15.0. The average molecular weight is 1480 g/mol. The molecule has 2 aliphatic heterocycles. The summed E-state index contributed by atoms with van der Waals surface area (Å²) in [4.78, 5) is 198. The number of aliphatic carboxylic acids is 2. The molecule has 2 fully saturated rings. The molecule has 0 spiro atoms. The van der Waals surface area contributed by atoms with Crippen LogP contribution in [0, 0.1) is 11.8 Å². The maximum Gasteiger partial charge on any atom is 0.305 e. The summed E-state index contributed by atoms with van der Waals surface area (Å²) in [5.41, 5.74) is 2.66. The van der Waals surface area contributed by atoms with Crippen LogP contribution in [0.2, 0.25) is 0 Å². The number of aromatic hydroxyl groups is 2. The van der Waals surface area contributed by atoms with Crippen LogP contribution < -0.4 is 58.5 Å². The van der Waals surface area contributed by atoms with Crippen LogP contribution in [0.1, 0.15) is 108 Å². The Kier molecular flexibility index (Phi) is 32.2. The molecule has 2 aliphatic rings. The molecule has 12 amide bonds. The van der Waals surface area contributed by atoms with Crippen molar-refractivity contribution < 1.29 is 92.7 Å². The molecular formula is C71H92N12O19S2. The van der Waals surface area contributed by atoms with Crippen molar-refractivity contribution in [1.29, 1.82) is 0 Å². The van der Waals surface area contributed by atoms with Crippen LogP contribution >= 0.6 is 21.6 Å². The third-order valence-electron chi connectivity index (χ3n) is 16.7. The summed E-state index contributed by atoms with van der Waals surface area (Å²) >= 11 is 0. The van der Waals surface area contributed by atoms with E-state index in [-0.39, 0.29) is 74.1 Å². The number of carboxylic acid groups (broad SMARTS) is 2. The van der Waals surface area contributed by atoms with E-state index in [1.165, 1.54) is 53.4 Å². The summed E-state index contributed by atoms with van der Waals surface area (Å²) in [6.07, 6.45) is -3.64. The largest absolute Gasteiger partial charge is 0.508 e. The van der Waals surface area contributed by atoms with Gasteiger partial charge in [-0.1, -0.05) is 123 Å². The van der Waals surface area contributed by atoms with Crippen molar-refractivity contribution in [2.75, 3.05) is 31.1 Å². The number of carbonyl (C=O) groups excluding carboxylic acids is 12. The molecule has 0 aromatic heterocycles. The zero-order valence-electron chi connectivity index (χ0n) is 58.4. The molecular weight excluding hydrogens is 1390 g/mol. The minimum atomic E-state index is -2.05. The zero-order valence-corrected chi connectivity index (χ0v) is 60.1. The molecule has 0 aliphatic carbocycles. The number of carbonyl (C=O) groups is 14. The number of rotatable bonds is 26. The number of nitrogens with one attached hydrogen (secondary N) is 11. The number of likely N-dealkylation sites (tertiary alicyclic amines) is 1. The summed E-state index contributed by atoms with van der Waals surface area (Å²) < 4.78 is 0. The van der Waals surface area contributed by atoms with E-state index >= 15 is 0 Å². The summed E-state index contributed by atoms with van der Waals surface area (Å²) in [6.45, 7) is 9.17. The van der Waals surface area contributed by atoms with Gasteiger partial charge in [0.15, 0.2) is 0 Å². The predicted molar refractivity (Wildman–Crippen MR) is 383 cm³/mol. The number of aliphatic hydroxyl groups is 1. The number of carboxylic acids is 2. The maximum absolute atomic E-state index is 15.0. The normalized spacial score (nSPS) is 20.8. The lowest BCUT2D eigenvalue weighted by Crippen LogP contribution is -2.61. The van der Waals surface area contributed by atoms with Gasteiger partial charge in [-0.3, -0.25) is 67.1 Å². The van der Waals surface area contributed by atoms with E-state index in [1.54, 1.807) is 45.0 Å². The first-order valence-electron chi connectivity index (χ1n) is 34.1. The van der Waals surface area contributed by atoms with Crippen molar-refractivity contribution in [3.63, 3.8) is 0 Å². The smallest absolute Gasteiger partial charge is 0.305 e. The number of hydrogen-bond acceptors (Lipinski definition) is 19. The fraction of sp³-hybridized carbons (Fsp3) is 0.465. The first kappa shape index (κ1) is 82.7. The number of hydrogen-bond donors (Lipinski definition) is 16. The number of aliphatic hydroxyl groups excluding tert-OH is 1. The molecule has 4 aromatic carbocycles. The fourth-order valence-electron chi connectivity index (χ4n) is 11.3. The predicted octanol–water partition coefficient (Wildman–Crippen LogP) is 0.678. The van der Waals surface area contributed by atoms with Crippen LogP contribution in [0.4, 0.5) is 0 Å². The molecule has 11 atom stereocenters. The van der Waals surface area contributed by atoms with Crippen LogP contribution in [0.5, 0.6) is 11.5 Å². The van der Waals surface area contributed by atoms with E-state index in [4.69, 9.17) is 0 Å². The lowest BCUT2D eigenvalue weighted by Gasteiger charge is -2.31. The molecule has 31 nitrogen and oxygen atoms in total. The standard InChI is InChI=1S/C71H92N12O19S2/c1-7-27-72-62(93)51(33-58(88)89)77-64(95)48(29-38(2)3)74-68(99)55-37-104-103-36-54(80-69(100)56-14-11-28-83(56)71(102)53(30-39(4)5)79-61(92)45-21-19-44(20-22-45)43-12-9-8-10-13-43)67(98)78-52(34-59(90)91)66(97)76-50(32-42-17-25-47(86)26-18-42)65(96)75-49(31-41-15-23-46(85)24-16-41)63(94)73-35-57(87)82-60(40(6)84)70(101)81-55/h8-10,12-13,15-26,38-40,48-56,60,84-86H,7,11,14,27-37H2,1-6H3,(H,72,93)(H,73,94)(H,74,99)(H,75,96)(H,76,97)(H,77,95)(H,78,98)(H,79,92)(H,80,100)(H,81,101)(H,82,87)(H,88,89)(H,90,91)/t40?,48-,49-,50-,51-,52-,53-,54-,55-,56-,60-/m0/s1. The zero-order chi connectivity index (χ0) is 76.3. The van der Waals surface area contributed by atoms with Gasteiger partial charge < -0.3 is 88.9 Å². The lowest BCUT2D eigenvalue weighted by atomic mass is 10.0. The van der Waals surface area contributed by atoms with Crippen LogP contribution in [0.15, 0.2) is 103 Å². The Hall–Kier alpha value is -10.3. The summed E-state index contributed by atoms with van der Waals surface area (Å²) in [6, 6.07) is 10.6. The molecule has 4 aromatic rings. The van der Waals surface area contributed by atoms with Crippen LogP contribution in [0.3, 0.4) is 0 Å². The third-order valence-corrected chi connectivity index (χ3v) is 19.1. The van der Waals surface area contributed by atoms with Crippen molar-refractivity contribution in [3.8, 4) is 22.6 Å². The van der Waals surface area contributed by atoms with Crippen molar-refractivity contribution in [3.05, 3.63) is 120 Å². The van der Waals surface area contributed by atoms with Gasteiger partial charge in [0.05, 0.1) is 25.5 Å². The minimum Gasteiger partial charge on any atom is -0.508 e. The molecule has 2 saturated heterocycles. The Balaban J connectivity index is 1.39. The van der Waals surface area contributed by atoms with Gasteiger partial charge in [-0.2, -0.15) is 0 Å². The molecule has 0 bridgehead atoms. The van der Waals surface area contributed by atoms with E-state index in [0.717, 1.165) is 39.6 Å². The SMILES string of the molecule is CCCNC(=O)[C@H](CC(=O)O)NC(=O)[C@H](CC(C)C)NC(=O)[C@@H]1CSSC[C@H](NC(=O)[C@@H]2CCCN2C(=O)[C@H](CC(C)C)NC(=O)c2ccc(-c3ccccc3)cc2)C(=O)N[C@@H](CC(=O)O)C(=O)N[C@@H](Cc2ccc(O)cc2)C(=O)N[C@@H](Cc2ccc(O)cc2)C(=O)NCC(=O)N[C@@H](C(C)O)C(=O)N1.